The molecule has 3 heteroatoms. The van der Waals surface area contributed by atoms with Crippen LogP contribution in [-0.2, 0) is 9.53 Å². The predicted molar refractivity (Wildman–Crippen MR) is 58.7 cm³/mol. The molecule has 2 atom stereocenters. The van der Waals surface area contributed by atoms with Gasteiger partial charge in [-0.2, -0.15) is 0 Å². The molecular formula is C12H21NO2. The zero-order chi connectivity index (χ0) is 10.7. The zero-order valence-corrected chi connectivity index (χ0v) is 9.50. The highest BCUT2D eigenvalue weighted by Gasteiger charge is 2.37. The van der Waals surface area contributed by atoms with E-state index in [-0.39, 0.29) is 12.0 Å². The van der Waals surface area contributed by atoms with Gasteiger partial charge in [0.05, 0.1) is 19.1 Å². The minimum absolute atomic E-state index is 0.119. The molecule has 0 amide bonds. The van der Waals surface area contributed by atoms with Crippen LogP contribution in [0.4, 0.5) is 0 Å². The van der Waals surface area contributed by atoms with E-state index >= 15 is 0 Å². The van der Waals surface area contributed by atoms with Crippen LogP contribution in [0.15, 0.2) is 0 Å². The van der Waals surface area contributed by atoms with Gasteiger partial charge in [0.1, 0.15) is 5.78 Å². The van der Waals surface area contributed by atoms with Crippen LogP contribution in [0.5, 0.6) is 0 Å². The van der Waals surface area contributed by atoms with E-state index in [1.165, 1.54) is 12.8 Å². The molecule has 2 rings (SSSR count). The number of likely N-dealkylation sites (N-methyl/N-ethyl adjacent to an activating group) is 1. The fraction of sp³-hybridized carbons (Fsp3) is 0.917. The number of carbonyl (C=O) groups is 1. The summed E-state index contributed by atoms with van der Waals surface area (Å²) >= 11 is 0. The normalized spacial score (nSPS) is 32.3. The van der Waals surface area contributed by atoms with Gasteiger partial charge in [0.15, 0.2) is 0 Å². The molecule has 1 saturated heterocycles. The lowest BCUT2D eigenvalue weighted by atomic mass is 9.88. The maximum absolute atomic E-state index is 12.2. The van der Waals surface area contributed by atoms with Crippen molar-refractivity contribution in [1.29, 1.82) is 0 Å². The SMILES string of the molecule is CCNC1COCC1C(=O)C1CCCC1. The Morgan fingerprint density at radius 2 is 2.07 bits per heavy atom. The molecule has 1 aliphatic carbocycles. The number of Topliss-reactive ketones (excluding diaryl/α,β-unsaturated/α-hetero) is 1. The topological polar surface area (TPSA) is 38.3 Å². The molecule has 15 heavy (non-hydrogen) atoms. The molecule has 0 bridgehead atoms. The molecule has 0 aromatic carbocycles. The van der Waals surface area contributed by atoms with Crippen molar-refractivity contribution >= 4 is 5.78 Å². The van der Waals surface area contributed by atoms with Crippen LogP contribution in [-0.4, -0.2) is 31.6 Å². The highest BCUT2D eigenvalue weighted by atomic mass is 16.5. The second-order valence-electron chi connectivity index (χ2n) is 4.69. The van der Waals surface area contributed by atoms with Gasteiger partial charge < -0.3 is 10.1 Å². The van der Waals surface area contributed by atoms with E-state index < -0.39 is 0 Å². The molecule has 2 unspecified atom stereocenters. The first-order valence-corrected chi connectivity index (χ1v) is 6.17. The Balaban J connectivity index is 1.92. The first-order valence-electron chi connectivity index (χ1n) is 6.17. The largest absolute Gasteiger partial charge is 0.379 e. The lowest BCUT2D eigenvalue weighted by molar-refractivity contribution is -0.127. The number of hydrogen-bond acceptors (Lipinski definition) is 3. The minimum atomic E-state index is 0.119. The number of ether oxygens (including phenoxy) is 1. The molecule has 3 nitrogen and oxygen atoms in total. The van der Waals surface area contributed by atoms with Crippen molar-refractivity contribution in [3.05, 3.63) is 0 Å². The highest BCUT2D eigenvalue weighted by molar-refractivity contribution is 5.84. The van der Waals surface area contributed by atoms with E-state index in [1.54, 1.807) is 0 Å². The summed E-state index contributed by atoms with van der Waals surface area (Å²) in [5.74, 6) is 0.904. The highest BCUT2D eigenvalue weighted by Crippen LogP contribution is 2.30. The minimum Gasteiger partial charge on any atom is -0.379 e. The second-order valence-corrected chi connectivity index (χ2v) is 4.69. The van der Waals surface area contributed by atoms with Gasteiger partial charge in [-0.25, -0.2) is 0 Å². The fourth-order valence-corrected chi connectivity index (χ4v) is 2.81. The van der Waals surface area contributed by atoms with Crippen molar-refractivity contribution in [1.82, 2.24) is 5.32 Å². The summed E-state index contributed by atoms with van der Waals surface area (Å²) in [4.78, 5) is 12.2. The molecule has 0 aromatic rings. The summed E-state index contributed by atoms with van der Waals surface area (Å²) in [7, 11) is 0. The third-order valence-corrected chi connectivity index (χ3v) is 3.67. The lowest BCUT2D eigenvalue weighted by Crippen LogP contribution is -2.40. The van der Waals surface area contributed by atoms with E-state index in [1.807, 2.05) is 0 Å². The van der Waals surface area contributed by atoms with Gasteiger partial charge in [-0.05, 0) is 19.4 Å². The van der Waals surface area contributed by atoms with Gasteiger partial charge in [-0.3, -0.25) is 4.79 Å². The van der Waals surface area contributed by atoms with Crippen molar-refractivity contribution in [3.63, 3.8) is 0 Å². The molecule has 1 aliphatic heterocycles. The molecule has 0 radical (unpaired) electrons. The Morgan fingerprint density at radius 1 is 1.33 bits per heavy atom. The average molecular weight is 211 g/mol. The fourth-order valence-electron chi connectivity index (χ4n) is 2.81. The molecule has 1 saturated carbocycles. The van der Waals surface area contributed by atoms with Crippen LogP contribution in [0.1, 0.15) is 32.6 Å². The smallest absolute Gasteiger partial charge is 0.142 e. The van der Waals surface area contributed by atoms with E-state index in [0.717, 1.165) is 19.4 Å². The number of carbonyl (C=O) groups excluding carboxylic acids is 1. The summed E-state index contributed by atoms with van der Waals surface area (Å²) in [5, 5.41) is 3.35. The Bertz CT molecular complexity index is 224. The van der Waals surface area contributed by atoms with Crippen molar-refractivity contribution < 1.29 is 9.53 Å². The molecule has 2 fully saturated rings. The van der Waals surface area contributed by atoms with Gasteiger partial charge in [-0.1, -0.05) is 19.8 Å². The maximum Gasteiger partial charge on any atom is 0.142 e. The summed E-state index contributed by atoms with van der Waals surface area (Å²) < 4.78 is 5.42. The Labute approximate surface area is 91.6 Å². The second kappa shape index (κ2) is 5.08. The first kappa shape index (κ1) is 11.1. The number of ketones is 1. The predicted octanol–water partition coefficient (Wildman–Crippen LogP) is 1.37. The Morgan fingerprint density at radius 3 is 2.73 bits per heavy atom. The van der Waals surface area contributed by atoms with Crippen molar-refractivity contribution in [2.24, 2.45) is 11.8 Å². The number of nitrogens with one attached hydrogen (secondary N) is 1. The third kappa shape index (κ3) is 2.40. The average Bonchev–Trinajstić information content (AvgIpc) is 2.87. The van der Waals surface area contributed by atoms with Crippen LogP contribution < -0.4 is 5.32 Å². The summed E-state index contributed by atoms with van der Waals surface area (Å²) in [6, 6.07) is 0.267. The van der Waals surface area contributed by atoms with Crippen LogP contribution >= 0.6 is 0 Å². The molecule has 1 heterocycles. The molecule has 0 spiro atoms. The van der Waals surface area contributed by atoms with Gasteiger partial charge in [0, 0.05) is 12.0 Å². The van der Waals surface area contributed by atoms with Crippen molar-refractivity contribution in [3.8, 4) is 0 Å². The first-order chi connectivity index (χ1) is 7.33. The van der Waals surface area contributed by atoms with E-state index in [4.69, 9.17) is 4.74 Å². The van der Waals surface area contributed by atoms with E-state index in [9.17, 15) is 4.79 Å². The number of hydrogen-bond donors (Lipinski definition) is 1. The van der Waals surface area contributed by atoms with E-state index in [2.05, 4.69) is 12.2 Å². The van der Waals surface area contributed by atoms with Gasteiger partial charge in [-0.15, -0.1) is 0 Å². The lowest BCUT2D eigenvalue weighted by Gasteiger charge is -2.20. The van der Waals surface area contributed by atoms with Crippen LogP contribution in [0.25, 0.3) is 0 Å². The summed E-state index contributed by atoms with van der Waals surface area (Å²) in [6.45, 7) is 4.34. The maximum atomic E-state index is 12.2. The summed E-state index contributed by atoms with van der Waals surface area (Å²) in [6.07, 6.45) is 4.67. The Kier molecular flexibility index (Phi) is 3.76. The molecule has 1 N–H and O–H groups in total. The molecule has 0 aromatic heterocycles. The van der Waals surface area contributed by atoms with Crippen molar-refractivity contribution in [2.45, 2.75) is 38.6 Å². The van der Waals surface area contributed by atoms with Gasteiger partial charge in [0.25, 0.3) is 0 Å². The van der Waals surface area contributed by atoms with Crippen LogP contribution in [0.3, 0.4) is 0 Å². The van der Waals surface area contributed by atoms with Gasteiger partial charge >= 0.3 is 0 Å². The number of rotatable bonds is 4. The summed E-state index contributed by atoms with van der Waals surface area (Å²) in [5.41, 5.74) is 0. The zero-order valence-electron chi connectivity index (χ0n) is 9.50. The van der Waals surface area contributed by atoms with Crippen molar-refractivity contribution in [2.75, 3.05) is 19.8 Å². The monoisotopic (exact) mass is 211 g/mol. The van der Waals surface area contributed by atoms with E-state index in [0.29, 0.717) is 24.9 Å². The van der Waals surface area contributed by atoms with Crippen LogP contribution in [0.2, 0.25) is 0 Å². The van der Waals surface area contributed by atoms with Gasteiger partial charge in [0.2, 0.25) is 0 Å². The Hall–Kier alpha value is -0.410. The molecular weight excluding hydrogens is 190 g/mol. The quantitative estimate of drug-likeness (QED) is 0.763. The standard InChI is InChI=1S/C12H21NO2/c1-2-13-11-8-15-7-10(11)12(14)9-5-3-4-6-9/h9-11,13H,2-8H2,1H3. The third-order valence-electron chi connectivity index (χ3n) is 3.67. The molecule has 86 valence electrons. The molecule has 2 aliphatic rings. The van der Waals surface area contributed by atoms with Crippen LogP contribution in [0, 0.1) is 11.8 Å².